The summed E-state index contributed by atoms with van der Waals surface area (Å²) in [4.78, 5) is 6.45. The third kappa shape index (κ3) is 3.65. The Hall–Kier alpha value is -1.66. The molecule has 4 N–H and O–H groups in total. The van der Waals surface area contributed by atoms with E-state index in [1.165, 1.54) is 19.4 Å². The quantitative estimate of drug-likeness (QED) is 0.309. The Kier molecular flexibility index (Phi) is 4.70. The number of nitrogens with two attached hydrogens (primary N) is 1. The zero-order valence-corrected chi connectivity index (χ0v) is 11.2. The van der Waals surface area contributed by atoms with E-state index >= 15 is 0 Å². The summed E-state index contributed by atoms with van der Waals surface area (Å²) in [5.74, 6) is 0.0392. The van der Waals surface area contributed by atoms with Crippen LogP contribution < -0.4 is 11.1 Å². The van der Waals surface area contributed by atoms with Crippen molar-refractivity contribution in [2.45, 2.75) is 25.4 Å². The van der Waals surface area contributed by atoms with Crippen molar-refractivity contribution in [3.63, 3.8) is 0 Å². The minimum Gasteiger partial charge on any atom is -0.409 e. The second kappa shape index (κ2) is 6.49. The Balaban J connectivity index is 1.86. The monoisotopic (exact) mass is 263 g/mol. The highest BCUT2D eigenvalue weighted by atomic mass is 16.4. The van der Waals surface area contributed by atoms with Crippen LogP contribution in [0.25, 0.3) is 0 Å². The van der Waals surface area contributed by atoms with Crippen LogP contribution >= 0.6 is 0 Å². The summed E-state index contributed by atoms with van der Waals surface area (Å²) in [6.07, 6.45) is 4.22. The number of rotatable bonds is 5. The average molecular weight is 263 g/mol. The molecule has 0 aliphatic carbocycles. The maximum absolute atomic E-state index is 8.63. The summed E-state index contributed by atoms with van der Waals surface area (Å²) in [6.45, 7) is 2.94. The van der Waals surface area contributed by atoms with Gasteiger partial charge in [-0.1, -0.05) is 5.16 Å². The molecule has 1 saturated heterocycles. The molecule has 0 amide bonds. The van der Waals surface area contributed by atoms with E-state index < -0.39 is 0 Å². The zero-order chi connectivity index (χ0) is 13.7. The van der Waals surface area contributed by atoms with Crippen molar-refractivity contribution >= 4 is 5.84 Å². The molecule has 19 heavy (non-hydrogen) atoms. The highest BCUT2D eigenvalue weighted by molar-refractivity contribution is 5.95. The first kappa shape index (κ1) is 13.8. The molecular weight excluding hydrogens is 242 g/mol. The number of aromatic nitrogens is 1. The minimum absolute atomic E-state index is 0.0392. The molecular formula is C13H21N5O. The van der Waals surface area contributed by atoms with Gasteiger partial charge in [0, 0.05) is 25.3 Å². The van der Waals surface area contributed by atoms with E-state index in [-0.39, 0.29) is 5.84 Å². The van der Waals surface area contributed by atoms with Gasteiger partial charge in [-0.2, -0.15) is 0 Å². The summed E-state index contributed by atoms with van der Waals surface area (Å²) < 4.78 is 0. The molecule has 1 aliphatic heterocycles. The van der Waals surface area contributed by atoms with Crippen molar-refractivity contribution in [3.8, 4) is 0 Å². The average Bonchev–Trinajstić information content (AvgIpc) is 2.84. The topological polar surface area (TPSA) is 86.8 Å². The van der Waals surface area contributed by atoms with Gasteiger partial charge in [0.1, 0.15) is 5.69 Å². The largest absolute Gasteiger partial charge is 0.409 e. The fourth-order valence-electron chi connectivity index (χ4n) is 2.40. The number of hydrogen-bond acceptors (Lipinski definition) is 5. The predicted molar refractivity (Wildman–Crippen MR) is 74.1 cm³/mol. The lowest BCUT2D eigenvalue weighted by Crippen LogP contribution is -2.35. The highest BCUT2D eigenvalue weighted by Gasteiger charge is 2.19. The Morgan fingerprint density at radius 3 is 3.21 bits per heavy atom. The molecule has 2 rings (SSSR count). The summed E-state index contributed by atoms with van der Waals surface area (Å²) in [7, 11) is 2.17. The molecule has 2 heterocycles. The summed E-state index contributed by atoms with van der Waals surface area (Å²) in [5.41, 5.74) is 7.10. The van der Waals surface area contributed by atoms with Gasteiger partial charge in [0.2, 0.25) is 0 Å². The number of nitrogens with zero attached hydrogens (tertiary/aromatic N) is 3. The smallest absolute Gasteiger partial charge is 0.188 e. The van der Waals surface area contributed by atoms with Gasteiger partial charge < -0.3 is 21.2 Å². The first-order chi connectivity index (χ1) is 9.20. The summed E-state index contributed by atoms with van der Waals surface area (Å²) >= 11 is 0. The predicted octanol–water partition coefficient (Wildman–Crippen LogP) is 0.360. The number of likely N-dealkylation sites (N-methyl/N-ethyl adjacent to an activating group) is 1. The van der Waals surface area contributed by atoms with Gasteiger partial charge in [-0.3, -0.25) is 4.98 Å². The third-order valence-corrected chi connectivity index (χ3v) is 3.58. The number of amidine groups is 1. The molecule has 104 valence electrons. The molecule has 1 aromatic rings. The fourth-order valence-corrected chi connectivity index (χ4v) is 2.40. The lowest BCUT2D eigenvalue weighted by atomic mass is 10.2. The molecule has 6 heteroatoms. The lowest BCUT2D eigenvalue weighted by molar-refractivity contribution is 0.300. The molecule has 0 aromatic carbocycles. The van der Waals surface area contributed by atoms with Gasteiger partial charge in [-0.05, 0) is 44.1 Å². The summed E-state index contributed by atoms with van der Waals surface area (Å²) in [6, 6.07) is 4.39. The molecule has 0 bridgehead atoms. The Bertz CT molecular complexity index is 448. The normalized spacial score (nSPS) is 20.9. The van der Waals surface area contributed by atoms with Crippen LogP contribution in [0.15, 0.2) is 23.5 Å². The van der Waals surface area contributed by atoms with Crippen molar-refractivity contribution in [2.75, 3.05) is 20.1 Å². The molecule has 6 nitrogen and oxygen atoms in total. The van der Waals surface area contributed by atoms with E-state index in [1.54, 1.807) is 6.20 Å². The van der Waals surface area contributed by atoms with Gasteiger partial charge in [0.15, 0.2) is 5.84 Å². The molecule has 1 aliphatic rings. The van der Waals surface area contributed by atoms with Crippen LogP contribution in [-0.2, 0) is 6.54 Å². The minimum atomic E-state index is 0.0392. The second-order valence-electron chi connectivity index (χ2n) is 4.94. The van der Waals surface area contributed by atoms with Gasteiger partial charge in [-0.25, -0.2) is 0 Å². The van der Waals surface area contributed by atoms with E-state index in [9.17, 15) is 0 Å². The van der Waals surface area contributed by atoms with Crippen LogP contribution in [0, 0.1) is 0 Å². The SMILES string of the molecule is CN1CCCC1CNCc1ccnc(/C(N)=N/O)c1. The van der Waals surface area contributed by atoms with Crippen LogP contribution in [-0.4, -0.2) is 47.1 Å². The molecule has 1 aromatic heterocycles. The van der Waals surface area contributed by atoms with Crippen LogP contribution in [0.1, 0.15) is 24.1 Å². The van der Waals surface area contributed by atoms with Crippen molar-refractivity contribution < 1.29 is 5.21 Å². The number of hydrogen-bond donors (Lipinski definition) is 3. The molecule has 1 unspecified atom stereocenters. The van der Waals surface area contributed by atoms with Crippen LogP contribution in [0.3, 0.4) is 0 Å². The molecule has 1 fully saturated rings. The van der Waals surface area contributed by atoms with Crippen molar-refractivity contribution in [1.82, 2.24) is 15.2 Å². The first-order valence-electron chi connectivity index (χ1n) is 6.54. The van der Waals surface area contributed by atoms with E-state index in [2.05, 4.69) is 27.4 Å². The zero-order valence-electron chi connectivity index (χ0n) is 11.2. The van der Waals surface area contributed by atoms with Gasteiger partial charge in [0.05, 0.1) is 0 Å². The fraction of sp³-hybridized carbons (Fsp3) is 0.538. The number of nitrogens with one attached hydrogen (secondary N) is 1. The maximum Gasteiger partial charge on any atom is 0.188 e. The van der Waals surface area contributed by atoms with E-state index in [0.717, 1.165) is 18.7 Å². The van der Waals surface area contributed by atoms with E-state index in [1.807, 2.05) is 12.1 Å². The van der Waals surface area contributed by atoms with Crippen LogP contribution in [0.2, 0.25) is 0 Å². The van der Waals surface area contributed by atoms with Crippen molar-refractivity contribution in [1.29, 1.82) is 0 Å². The molecule has 0 saturated carbocycles. The van der Waals surface area contributed by atoms with Gasteiger partial charge >= 0.3 is 0 Å². The maximum atomic E-state index is 8.63. The van der Waals surface area contributed by atoms with E-state index in [0.29, 0.717) is 11.7 Å². The summed E-state index contributed by atoms with van der Waals surface area (Å²) in [5, 5.41) is 15.0. The van der Waals surface area contributed by atoms with Crippen LogP contribution in [0.4, 0.5) is 0 Å². The lowest BCUT2D eigenvalue weighted by Gasteiger charge is -2.19. The standard InChI is InChI=1S/C13H21N5O/c1-18-6-2-3-11(18)9-15-8-10-4-5-16-12(7-10)13(14)17-19/h4-5,7,11,15,19H,2-3,6,8-9H2,1H3,(H2,14,17). The van der Waals surface area contributed by atoms with Crippen molar-refractivity contribution in [3.05, 3.63) is 29.6 Å². The highest BCUT2D eigenvalue weighted by Crippen LogP contribution is 2.13. The first-order valence-corrected chi connectivity index (χ1v) is 6.54. The number of likely N-dealkylation sites (tertiary alicyclic amines) is 1. The van der Waals surface area contributed by atoms with Crippen molar-refractivity contribution in [2.24, 2.45) is 10.9 Å². The second-order valence-corrected chi connectivity index (χ2v) is 4.94. The number of oxime groups is 1. The Labute approximate surface area is 113 Å². The molecule has 1 atom stereocenters. The van der Waals surface area contributed by atoms with Gasteiger partial charge in [0.25, 0.3) is 0 Å². The van der Waals surface area contributed by atoms with E-state index in [4.69, 9.17) is 10.9 Å². The number of pyridine rings is 1. The molecule has 0 radical (unpaired) electrons. The molecule has 0 spiro atoms. The van der Waals surface area contributed by atoms with Crippen LogP contribution in [0.5, 0.6) is 0 Å². The Morgan fingerprint density at radius 1 is 1.68 bits per heavy atom. The Morgan fingerprint density at radius 2 is 2.53 bits per heavy atom. The van der Waals surface area contributed by atoms with Gasteiger partial charge in [-0.15, -0.1) is 0 Å². The third-order valence-electron chi connectivity index (χ3n) is 3.58.